The van der Waals surface area contributed by atoms with Crippen molar-refractivity contribution < 1.29 is 17.9 Å². The molecule has 0 amide bonds. The van der Waals surface area contributed by atoms with Crippen LogP contribution in [0.5, 0.6) is 0 Å². The zero-order chi connectivity index (χ0) is 11.1. The van der Waals surface area contributed by atoms with Gasteiger partial charge in [0, 0.05) is 5.02 Å². The van der Waals surface area contributed by atoms with Crippen LogP contribution in [0.25, 0.3) is 0 Å². The van der Waals surface area contributed by atoms with Gasteiger partial charge in [-0.3, -0.25) is 0 Å². The lowest BCUT2D eigenvalue weighted by atomic mass is 9.78. The van der Waals surface area contributed by atoms with Gasteiger partial charge in [0.25, 0.3) is 0 Å². The monoisotopic (exact) mass is 236 g/mol. The molecule has 0 atom stereocenters. The van der Waals surface area contributed by atoms with E-state index in [0.29, 0.717) is 5.02 Å². The van der Waals surface area contributed by atoms with Gasteiger partial charge in [0.05, 0.1) is 13.2 Å². The molecule has 15 heavy (non-hydrogen) atoms. The summed E-state index contributed by atoms with van der Waals surface area (Å²) in [6.45, 7) is -0.645. The molecule has 0 aromatic heterocycles. The normalized spacial score (nSPS) is 19.7. The van der Waals surface area contributed by atoms with Gasteiger partial charge in [-0.25, -0.2) is 0 Å². The fourth-order valence-electron chi connectivity index (χ4n) is 1.59. The van der Waals surface area contributed by atoms with Gasteiger partial charge in [0.1, 0.15) is 5.41 Å². The summed E-state index contributed by atoms with van der Waals surface area (Å²) < 4.78 is 43.2. The van der Waals surface area contributed by atoms with Crippen molar-refractivity contribution in [1.29, 1.82) is 0 Å². The average molecular weight is 237 g/mol. The predicted molar refractivity (Wildman–Crippen MR) is 50.0 cm³/mol. The maximum atomic E-state index is 12.9. The van der Waals surface area contributed by atoms with E-state index in [9.17, 15) is 13.2 Å². The Labute approximate surface area is 89.8 Å². The van der Waals surface area contributed by atoms with E-state index < -0.39 is 11.6 Å². The third-order valence-corrected chi connectivity index (χ3v) is 2.85. The highest BCUT2D eigenvalue weighted by molar-refractivity contribution is 6.30. The van der Waals surface area contributed by atoms with E-state index in [2.05, 4.69) is 0 Å². The Morgan fingerprint density at radius 1 is 1.27 bits per heavy atom. The smallest absolute Gasteiger partial charge is 0.379 e. The van der Waals surface area contributed by atoms with Crippen LogP contribution in [0.2, 0.25) is 5.02 Å². The lowest BCUT2D eigenvalue weighted by molar-refractivity contribution is -0.262. The van der Waals surface area contributed by atoms with Gasteiger partial charge < -0.3 is 4.74 Å². The van der Waals surface area contributed by atoms with Crippen LogP contribution in [0.4, 0.5) is 13.2 Å². The van der Waals surface area contributed by atoms with Crippen LogP contribution >= 0.6 is 11.6 Å². The lowest BCUT2D eigenvalue weighted by Gasteiger charge is -2.43. The van der Waals surface area contributed by atoms with Crippen molar-refractivity contribution in [2.24, 2.45) is 0 Å². The maximum absolute atomic E-state index is 12.9. The second-order valence-electron chi connectivity index (χ2n) is 3.58. The molecule has 0 saturated carbocycles. The Bertz CT molecular complexity index is 371. The van der Waals surface area contributed by atoms with E-state index >= 15 is 0 Å². The minimum absolute atomic E-state index is 0.175. The third-order valence-electron chi connectivity index (χ3n) is 2.62. The van der Waals surface area contributed by atoms with Crippen LogP contribution in [-0.4, -0.2) is 19.4 Å². The molecule has 1 fully saturated rings. The summed E-state index contributed by atoms with van der Waals surface area (Å²) >= 11 is 5.67. The van der Waals surface area contributed by atoms with Crippen molar-refractivity contribution in [2.45, 2.75) is 11.6 Å². The van der Waals surface area contributed by atoms with E-state index in [0.717, 1.165) is 0 Å². The first kappa shape index (κ1) is 10.8. The van der Waals surface area contributed by atoms with Gasteiger partial charge in [-0.1, -0.05) is 23.7 Å². The summed E-state index contributed by atoms with van der Waals surface area (Å²) in [4.78, 5) is 0. The van der Waals surface area contributed by atoms with Gasteiger partial charge in [0.15, 0.2) is 0 Å². The highest BCUT2D eigenvalue weighted by Crippen LogP contribution is 2.46. The molecule has 0 N–H and O–H groups in total. The average Bonchev–Trinajstić information content (AvgIpc) is 1.98. The van der Waals surface area contributed by atoms with Crippen molar-refractivity contribution >= 4 is 11.6 Å². The van der Waals surface area contributed by atoms with Crippen molar-refractivity contribution in [3.63, 3.8) is 0 Å². The first-order chi connectivity index (χ1) is 6.96. The summed E-state index contributed by atoms with van der Waals surface area (Å²) in [7, 11) is 0. The van der Waals surface area contributed by atoms with Gasteiger partial charge in [-0.15, -0.1) is 0 Å². The fraction of sp³-hybridized carbons (Fsp3) is 0.400. The molecule has 0 spiro atoms. The third kappa shape index (κ3) is 1.62. The molecule has 0 aliphatic carbocycles. The molecule has 1 nitrogen and oxygen atoms in total. The van der Waals surface area contributed by atoms with Crippen molar-refractivity contribution in [2.75, 3.05) is 13.2 Å². The standard InChI is InChI=1S/C10H8ClF3O/c11-8-3-1-2-7(4-8)9(5-15-6-9)10(12,13)14/h1-4H,5-6H2. The molecule has 0 unspecified atom stereocenters. The molecule has 5 heteroatoms. The van der Waals surface area contributed by atoms with Gasteiger partial charge in [0.2, 0.25) is 0 Å². The highest BCUT2D eigenvalue weighted by atomic mass is 35.5. The number of rotatable bonds is 1. The molecule has 1 heterocycles. The number of hydrogen-bond donors (Lipinski definition) is 0. The number of halogens is 4. The quantitative estimate of drug-likeness (QED) is 0.728. The van der Waals surface area contributed by atoms with E-state index in [1.807, 2.05) is 0 Å². The van der Waals surface area contributed by atoms with Crippen LogP contribution in [0.1, 0.15) is 5.56 Å². The number of benzene rings is 1. The molecule has 0 radical (unpaired) electrons. The Kier molecular flexibility index (Phi) is 2.43. The lowest BCUT2D eigenvalue weighted by Crippen LogP contribution is -2.57. The predicted octanol–water partition coefficient (Wildman–Crippen LogP) is 3.17. The first-order valence-corrected chi connectivity index (χ1v) is 4.74. The van der Waals surface area contributed by atoms with E-state index in [1.54, 1.807) is 6.07 Å². The van der Waals surface area contributed by atoms with Crippen LogP contribution in [0.15, 0.2) is 24.3 Å². The number of hydrogen-bond acceptors (Lipinski definition) is 1. The van der Waals surface area contributed by atoms with Gasteiger partial charge in [-0.2, -0.15) is 13.2 Å². The molecular formula is C10H8ClF3O. The van der Waals surface area contributed by atoms with Gasteiger partial charge >= 0.3 is 6.18 Å². The zero-order valence-corrected chi connectivity index (χ0v) is 8.40. The highest BCUT2D eigenvalue weighted by Gasteiger charge is 2.61. The number of ether oxygens (including phenoxy) is 1. The topological polar surface area (TPSA) is 9.23 Å². The summed E-state index contributed by atoms with van der Waals surface area (Å²) in [6, 6.07) is 5.84. The van der Waals surface area contributed by atoms with Crippen LogP contribution in [0, 0.1) is 0 Å². The Balaban J connectivity index is 2.43. The molecule has 0 bridgehead atoms. The maximum Gasteiger partial charge on any atom is 0.402 e. The molecule has 1 aromatic carbocycles. The minimum atomic E-state index is -4.30. The van der Waals surface area contributed by atoms with Crippen molar-refractivity contribution in [3.05, 3.63) is 34.9 Å². The Hall–Kier alpha value is -0.740. The first-order valence-electron chi connectivity index (χ1n) is 4.36. The van der Waals surface area contributed by atoms with Crippen LogP contribution in [0.3, 0.4) is 0 Å². The molecule has 82 valence electrons. The largest absolute Gasteiger partial charge is 0.402 e. The molecular weight excluding hydrogens is 229 g/mol. The number of alkyl halides is 3. The Morgan fingerprint density at radius 3 is 2.33 bits per heavy atom. The molecule has 1 aromatic rings. The summed E-state index contributed by atoms with van der Waals surface area (Å²) in [5, 5.41) is 0.308. The second kappa shape index (κ2) is 3.39. The SMILES string of the molecule is FC(F)(F)C1(c2cccc(Cl)c2)COC1. The molecule has 2 rings (SSSR count). The summed E-state index contributed by atoms with van der Waals surface area (Å²) in [5.41, 5.74) is -1.69. The van der Waals surface area contributed by atoms with E-state index in [-0.39, 0.29) is 18.8 Å². The molecule has 1 aliphatic heterocycles. The van der Waals surface area contributed by atoms with Crippen LogP contribution < -0.4 is 0 Å². The molecule has 1 aliphatic rings. The summed E-state index contributed by atoms with van der Waals surface area (Å²) in [6.07, 6.45) is -4.30. The second-order valence-corrected chi connectivity index (χ2v) is 4.02. The summed E-state index contributed by atoms with van der Waals surface area (Å²) in [5.74, 6) is 0. The minimum Gasteiger partial charge on any atom is -0.379 e. The van der Waals surface area contributed by atoms with Crippen molar-refractivity contribution in [1.82, 2.24) is 0 Å². The van der Waals surface area contributed by atoms with Gasteiger partial charge in [-0.05, 0) is 17.7 Å². The van der Waals surface area contributed by atoms with E-state index in [4.69, 9.17) is 16.3 Å². The fourth-order valence-corrected chi connectivity index (χ4v) is 1.78. The van der Waals surface area contributed by atoms with Crippen LogP contribution in [-0.2, 0) is 10.2 Å². The Morgan fingerprint density at radius 2 is 1.93 bits per heavy atom. The van der Waals surface area contributed by atoms with E-state index in [1.165, 1.54) is 18.2 Å². The van der Waals surface area contributed by atoms with Crippen molar-refractivity contribution in [3.8, 4) is 0 Å². The zero-order valence-electron chi connectivity index (χ0n) is 7.64. The molecule has 1 saturated heterocycles.